The number of hydrogen-bond acceptors (Lipinski definition) is 4. The first-order valence-electron chi connectivity index (χ1n) is 5.63. The van der Waals surface area contributed by atoms with Crippen LogP contribution in [0.4, 0.5) is 0 Å². The Kier molecular flexibility index (Phi) is 5.27. The molecule has 100 valence electrons. The molecule has 1 fully saturated rings. The molecule has 17 heavy (non-hydrogen) atoms. The molecule has 1 saturated carbocycles. The second-order valence-electron chi connectivity index (χ2n) is 4.38. The van der Waals surface area contributed by atoms with Crippen molar-refractivity contribution in [3.8, 4) is 0 Å². The Bertz CT molecular complexity index is 361. The first-order chi connectivity index (χ1) is 7.89. The molecule has 0 heterocycles. The average molecular weight is 281 g/mol. The summed E-state index contributed by atoms with van der Waals surface area (Å²) in [6.45, 7) is 0.413. The van der Waals surface area contributed by atoms with Crippen LogP contribution in [-0.2, 0) is 14.8 Å². The Morgan fingerprint density at radius 2 is 2.00 bits per heavy atom. The van der Waals surface area contributed by atoms with Crippen LogP contribution in [0.25, 0.3) is 0 Å². The van der Waals surface area contributed by atoms with Crippen molar-refractivity contribution in [3.63, 3.8) is 0 Å². The van der Waals surface area contributed by atoms with Crippen molar-refractivity contribution >= 4 is 27.8 Å². The molecule has 0 bridgehead atoms. The highest BCUT2D eigenvalue weighted by Crippen LogP contribution is 2.39. The van der Waals surface area contributed by atoms with E-state index >= 15 is 0 Å². The van der Waals surface area contributed by atoms with Gasteiger partial charge < -0.3 is 5.11 Å². The predicted molar refractivity (Wildman–Crippen MR) is 68.8 cm³/mol. The van der Waals surface area contributed by atoms with E-state index in [1.54, 1.807) is 11.8 Å². The molecule has 0 aliphatic heterocycles. The second kappa shape index (κ2) is 6.06. The van der Waals surface area contributed by atoms with E-state index < -0.39 is 16.0 Å². The normalized spacial score (nSPS) is 19.4. The molecule has 5 nitrogen and oxygen atoms in total. The quantitative estimate of drug-likeness (QED) is 0.729. The highest BCUT2D eigenvalue weighted by Gasteiger charge is 2.33. The van der Waals surface area contributed by atoms with Gasteiger partial charge in [-0.15, -0.1) is 0 Å². The molecule has 0 amide bonds. The number of hydrogen-bond donors (Lipinski definition) is 2. The third kappa shape index (κ3) is 4.85. The molecule has 0 aromatic heterocycles. The van der Waals surface area contributed by atoms with Crippen molar-refractivity contribution < 1.29 is 18.3 Å². The van der Waals surface area contributed by atoms with Crippen LogP contribution in [-0.4, -0.2) is 42.8 Å². The Hall–Kier alpha value is -0.270. The second-order valence-corrected chi connectivity index (χ2v) is 7.58. The standard InChI is InChI=1S/C10H19NO4S2/c1-16-10(5-2-3-6-10)8-11-17(14,15)7-4-9(12)13/h11H,2-8H2,1H3,(H,12,13). The number of nitrogens with one attached hydrogen (secondary N) is 1. The predicted octanol–water partition coefficient (Wildman–Crippen LogP) is 1.06. The lowest BCUT2D eigenvalue weighted by Gasteiger charge is -2.26. The monoisotopic (exact) mass is 281 g/mol. The smallest absolute Gasteiger partial charge is 0.304 e. The van der Waals surface area contributed by atoms with Crippen LogP contribution in [0.3, 0.4) is 0 Å². The maximum absolute atomic E-state index is 11.6. The maximum atomic E-state index is 11.6. The van der Waals surface area contributed by atoms with Crippen molar-refractivity contribution in [1.29, 1.82) is 0 Å². The van der Waals surface area contributed by atoms with Gasteiger partial charge >= 0.3 is 5.97 Å². The number of thioether (sulfide) groups is 1. The third-order valence-corrected chi connectivity index (χ3v) is 5.89. The van der Waals surface area contributed by atoms with Crippen LogP contribution in [0.15, 0.2) is 0 Å². The molecule has 0 spiro atoms. The molecular formula is C10H19NO4S2. The number of carbonyl (C=O) groups is 1. The van der Waals surface area contributed by atoms with Crippen molar-refractivity contribution in [1.82, 2.24) is 4.72 Å². The van der Waals surface area contributed by atoms with Gasteiger partial charge in [0.25, 0.3) is 0 Å². The lowest BCUT2D eigenvalue weighted by molar-refractivity contribution is -0.136. The van der Waals surface area contributed by atoms with Gasteiger partial charge in [0.05, 0.1) is 12.2 Å². The molecule has 0 aromatic carbocycles. The number of carboxylic acids is 1. The SMILES string of the molecule is CSC1(CNS(=O)(=O)CCC(=O)O)CCCC1. The minimum absolute atomic E-state index is 0.0102. The zero-order valence-corrected chi connectivity index (χ0v) is 11.6. The van der Waals surface area contributed by atoms with Crippen LogP contribution in [0.2, 0.25) is 0 Å². The Morgan fingerprint density at radius 3 is 2.47 bits per heavy atom. The summed E-state index contributed by atoms with van der Waals surface area (Å²) in [5.41, 5.74) is 0. The fraction of sp³-hybridized carbons (Fsp3) is 0.900. The summed E-state index contributed by atoms with van der Waals surface area (Å²) in [7, 11) is -3.46. The molecular weight excluding hydrogens is 262 g/mol. The summed E-state index contributed by atoms with van der Waals surface area (Å²) < 4.78 is 25.7. The van der Waals surface area contributed by atoms with Gasteiger partial charge in [0.2, 0.25) is 10.0 Å². The molecule has 7 heteroatoms. The molecule has 1 rings (SSSR count). The minimum atomic E-state index is -3.46. The van der Waals surface area contributed by atoms with Crippen LogP contribution >= 0.6 is 11.8 Å². The average Bonchev–Trinajstić information content (AvgIpc) is 2.74. The van der Waals surface area contributed by atoms with E-state index in [-0.39, 0.29) is 16.9 Å². The minimum Gasteiger partial charge on any atom is -0.481 e. The van der Waals surface area contributed by atoms with Gasteiger partial charge in [-0.3, -0.25) is 4.79 Å². The molecule has 2 N–H and O–H groups in total. The fourth-order valence-electron chi connectivity index (χ4n) is 2.01. The molecule has 0 atom stereocenters. The van der Waals surface area contributed by atoms with Crippen molar-refractivity contribution in [2.45, 2.75) is 36.9 Å². The maximum Gasteiger partial charge on any atom is 0.304 e. The van der Waals surface area contributed by atoms with Crippen LogP contribution in [0.1, 0.15) is 32.1 Å². The van der Waals surface area contributed by atoms with Crippen molar-refractivity contribution in [2.24, 2.45) is 0 Å². The van der Waals surface area contributed by atoms with Gasteiger partial charge in [-0.25, -0.2) is 13.1 Å². The highest BCUT2D eigenvalue weighted by atomic mass is 32.2. The zero-order chi connectivity index (χ0) is 12.9. The fourth-order valence-corrected chi connectivity index (χ4v) is 4.10. The van der Waals surface area contributed by atoms with E-state index in [1.165, 1.54) is 0 Å². The number of sulfonamides is 1. The van der Waals surface area contributed by atoms with Crippen molar-refractivity contribution in [2.75, 3.05) is 18.6 Å². The van der Waals surface area contributed by atoms with E-state index in [9.17, 15) is 13.2 Å². The van der Waals surface area contributed by atoms with Gasteiger partial charge in [-0.1, -0.05) is 12.8 Å². The summed E-state index contributed by atoms with van der Waals surface area (Å²) in [6.07, 6.45) is 5.97. The molecule has 0 radical (unpaired) electrons. The Labute approximate surface area is 106 Å². The van der Waals surface area contributed by atoms with E-state index in [2.05, 4.69) is 4.72 Å². The molecule has 0 unspecified atom stereocenters. The Balaban J connectivity index is 2.45. The zero-order valence-electron chi connectivity index (χ0n) is 9.94. The van der Waals surface area contributed by atoms with Crippen LogP contribution < -0.4 is 4.72 Å². The molecule has 1 aliphatic rings. The van der Waals surface area contributed by atoms with E-state index in [0.29, 0.717) is 6.54 Å². The number of rotatable bonds is 7. The van der Waals surface area contributed by atoms with Gasteiger partial charge in [-0.05, 0) is 19.1 Å². The number of aliphatic carboxylic acids is 1. The van der Waals surface area contributed by atoms with Gasteiger partial charge in [0.15, 0.2) is 0 Å². The summed E-state index contributed by atoms with van der Waals surface area (Å²) in [5, 5.41) is 8.46. The summed E-state index contributed by atoms with van der Waals surface area (Å²) in [5.74, 6) is -1.43. The van der Waals surface area contributed by atoms with E-state index in [0.717, 1.165) is 25.7 Å². The van der Waals surface area contributed by atoms with Crippen LogP contribution in [0.5, 0.6) is 0 Å². The van der Waals surface area contributed by atoms with Gasteiger partial charge in [0.1, 0.15) is 0 Å². The third-order valence-electron chi connectivity index (χ3n) is 3.15. The van der Waals surface area contributed by atoms with Gasteiger partial charge in [0, 0.05) is 11.3 Å². The van der Waals surface area contributed by atoms with Crippen LogP contribution in [0, 0.1) is 0 Å². The Morgan fingerprint density at radius 1 is 1.41 bits per heavy atom. The lowest BCUT2D eigenvalue weighted by atomic mass is 10.1. The summed E-state index contributed by atoms with van der Waals surface area (Å²) in [6, 6.07) is 0. The largest absolute Gasteiger partial charge is 0.481 e. The molecule has 1 aliphatic carbocycles. The van der Waals surface area contributed by atoms with Gasteiger partial charge in [-0.2, -0.15) is 11.8 Å². The van der Waals surface area contributed by atoms with E-state index in [1.807, 2.05) is 6.26 Å². The summed E-state index contributed by atoms with van der Waals surface area (Å²) >= 11 is 1.70. The summed E-state index contributed by atoms with van der Waals surface area (Å²) in [4.78, 5) is 10.3. The van der Waals surface area contributed by atoms with Crippen molar-refractivity contribution in [3.05, 3.63) is 0 Å². The molecule has 0 saturated heterocycles. The topological polar surface area (TPSA) is 83.5 Å². The molecule has 0 aromatic rings. The van der Waals surface area contributed by atoms with E-state index in [4.69, 9.17) is 5.11 Å². The highest BCUT2D eigenvalue weighted by molar-refractivity contribution is 8.00. The first kappa shape index (κ1) is 14.8. The lowest BCUT2D eigenvalue weighted by Crippen LogP contribution is -2.39. The first-order valence-corrected chi connectivity index (χ1v) is 8.51. The number of carboxylic acid groups (broad SMARTS) is 1.